The second-order valence-electron chi connectivity index (χ2n) is 7.36. The fourth-order valence-electron chi connectivity index (χ4n) is 3.37. The van der Waals surface area contributed by atoms with E-state index in [2.05, 4.69) is 20.4 Å². The molecule has 2 aromatic carbocycles. The summed E-state index contributed by atoms with van der Waals surface area (Å²) in [5.74, 6) is 1.01. The second-order valence-corrected chi connectivity index (χ2v) is 8.89. The highest BCUT2D eigenvalue weighted by Crippen LogP contribution is 2.28. The fourth-order valence-corrected chi connectivity index (χ4v) is 4.18. The average molecular weight is 492 g/mol. The molecule has 12 heteroatoms. The highest BCUT2D eigenvalue weighted by Gasteiger charge is 2.14. The van der Waals surface area contributed by atoms with Crippen molar-refractivity contribution in [1.29, 1.82) is 0 Å². The molecule has 0 saturated heterocycles. The number of fused-ring (bicyclic) bond motifs is 1. The van der Waals surface area contributed by atoms with Crippen LogP contribution in [-0.4, -0.2) is 40.7 Å². The Morgan fingerprint density at radius 1 is 1.09 bits per heavy atom. The maximum Gasteiger partial charge on any atom is 0.238 e. The van der Waals surface area contributed by atoms with Crippen LogP contribution in [0.4, 0.5) is 23.1 Å². The van der Waals surface area contributed by atoms with E-state index in [0.717, 1.165) is 22.3 Å². The molecule has 5 N–H and O–H groups in total. The number of hydrogen-bond donors (Lipinski definition) is 2. The van der Waals surface area contributed by atoms with Gasteiger partial charge < -0.3 is 15.7 Å². The summed E-state index contributed by atoms with van der Waals surface area (Å²) in [4.78, 5) is 10.8. The van der Waals surface area contributed by atoms with Crippen molar-refractivity contribution in [3.05, 3.63) is 59.9 Å². The Morgan fingerprint density at radius 3 is 2.52 bits per heavy atom. The molecule has 0 radical (unpaired) electrons. The summed E-state index contributed by atoms with van der Waals surface area (Å²) in [6.45, 7) is 3.73. The molecular formula is C21H26ClN7O3S. The Balaban J connectivity index is 0.00000193. The van der Waals surface area contributed by atoms with E-state index < -0.39 is 10.0 Å². The van der Waals surface area contributed by atoms with E-state index in [1.54, 1.807) is 31.3 Å². The van der Waals surface area contributed by atoms with Gasteiger partial charge in [-0.2, -0.15) is 10.1 Å². The van der Waals surface area contributed by atoms with Crippen molar-refractivity contribution >= 4 is 56.5 Å². The third-order valence-corrected chi connectivity index (χ3v) is 6.29. The molecule has 33 heavy (non-hydrogen) atoms. The number of nitrogens with one attached hydrogen (secondary N) is 1. The molecule has 176 valence electrons. The first-order valence-corrected chi connectivity index (χ1v) is 11.1. The van der Waals surface area contributed by atoms with E-state index >= 15 is 0 Å². The van der Waals surface area contributed by atoms with Gasteiger partial charge in [0.1, 0.15) is 5.82 Å². The number of hydrogen-bond acceptors (Lipinski definition) is 7. The summed E-state index contributed by atoms with van der Waals surface area (Å²) in [5.41, 5.74) is 4.05. The van der Waals surface area contributed by atoms with Gasteiger partial charge in [-0.25, -0.2) is 18.5 Å². The lowest BCUT2D eigenvalue weighted by molar-refractivity contribution is 0.597. The van der Waals surface area contributed by atoms with Crippen LogP contribution in [0.25, 0.3) is 10.9 Å². The largest absolute Gasteiger partial charge is 0.412 e. The lowest BCUT2D eigenvalue weighted by Crippen LogP contribution is -2.14. The standard InChI is InChI=1S/C21H23N7O2S.ClH.H2O/c1-13-5-6-15(11-19(13)31(22,29)30)24-21-23-10-9-20(25-21)27(3)16-7-8-17-14(2)28(4)26-18(17)12-16;;/h5-12H,1-4H3,(H2,22,29,30)(H,23,24,25);1H;1H2. The molecule has 0 unspecified atom stereocenters. The molecule has 0 fully saturated rings. The molecule has 4 aromatic rings. The molecule has 0 aliphatic rings. The van der Waals surface area contributed by atoms with Crippen LogP contribution in [0.2, 0.25) is 0 Å². The minimum Gasteiger partial charge on any atom is -0.412 e. The van der Waals surface area contributed by atoms with Crippen LogP contribution in [-0.2, 0) is 17.1 Å². The molecular weight excluding hydrogens is 466 g/mol. The highest BCUT2D eigenvalue weighted by molar-refractivity contribution is 7.89. The van der Waals surface area contributed by atoms with Crippen LogP contribution < -0.4 is 15.4 Å². The van der Waals surface area contributed by atoms with E-state index in [-0.39, 0.29) is 22.8 Å². The van der Waals surface area contributed by atoms with Gasteiger partial charge in [-0.3, -0.25) is 4.68 Å². The Hall–Kier alpha value is -3.25. The molecule has 0 amide bonds. The van der Waals surface area contributed by atoms with Gasteiger partial charge in [-0.05, 0) is 55.8 Å². The minimum absolute atomic E-state index is 0. The van der Waals surface area contributed by atoms with Crippen LogP contribution >= 0.6 is 12.4 Å². The van der Waals surface area contributed by atoms with E-state index in [9.17, 15) is 8.42 Å². The SMILES string of the molecule is Cc1ccc(Nc2nccc(N(C)c3ccc4c(C)n(C)nc4c3)n2)cc1S(N)(=O)=O.Cl.O. The third kappa shape index (κ3) is 5.22. The van der Waals surface area contributed by atoms with Crippen LogP contribution in [0.15, 0.2) is 53.6 Å². The topological polar surface area (TPSA) is 151 Å². The molecule has 0 bridgehead atoms. The number of nitrogens with two attached hydrogens (primary N) is 1. The summed E-state index contributed by atoms with van der Waals surface area (Å²) < 4.78 is 25.4. The molecule has 10 nitrogen and oxygen atoms in total. The van der Waals surface area contributed by atoms with Crippen molar-refractivity contribution in [3.8, 4) is 0 Å². The number of aromatic nitrogens is 4. The first-order chi connectivity index (χ1) is 14.6. The van der Waals surface area contributed by atoms with Gasteiger partial charge in [0, 0.05) is 42.7 Å². The molecule has 2 aromatic heterocycles. The van der Waals surface area contributed by atoms with Crippen molar-refractivity contribution in [1.82, 2.24) is 19.7 Å². The monoisotopic (exact) mass is 491 g/mol. The molecule has 0 saturated carbocycles. The lowest BCUT2D eigenvalue weighted by atomic mass is 10.2. The zero-order valence-corrected chi connectivity index (χ0v) is 20.2. The van der Waals surface area contributed by atoms with Gasteiger partial charge in [0.15, 0.2) is 0 Å². The maximum atomic E-state index is 11.8. The summed E-state index contributed by atoms with van der Waals surface area (Å²) in [5, 5.41) is 14.0. The van der Waals surface area contributed by atoms with Crippen LogP contribution in [0, 0.1) is 13.8 Å². The molecule has 2 heterocycles. The summed E-state index contributed by atoms with van der Waals surface area (Å²) >= 11 is 0. The number of rotatable bonds is 5. The molecule has 0 aliphatic carbocycles. The number of anilines is 4. The zero-order valence-electron chi connectivity index (χ0n) is 18.6. The quantitative estimate of drug-likeness (QED) is 0.435. The van der Waals surface area contributed by atoms with Gasteiger partial charge in [-0.15, -0.1) is 12.4 Å². The van der Waals surface area contributed by atoms with Crippen molar-refractivity contribution in [2.75, 3.05) is 17.3 Å². The Morgan fingerprint density at radius 2 is 1.82 bits per heavy atom. The molecule has 0 atom stereocenters. The number of halogens is 1. The normalized spacial score (nSPS) is 10.9. The van der Waals surface area contributed by atoms with E-state index in [4.69, 9.17) is 5.14 Å². The second kappa shape index (κ2) is 9.71. The first kappa shape index (κ1) is 26.0. The lowest BCUT2D eigenvalue weighted by Gasteiger charge is -2.19. The predicted molar refractivity (Wildman–Crippen MR) is 132 cm³/mol. The van der Waals surface area contributed by atoms with E-state index in [1.807, 2.05) is 48.8 Å². The van der Waals surface area contributed by atoms with E-state index in [1.165, 1.54) is 6.07 Å². The number of primary sulfonamides is 1. The summed E-state index contributed by atoms with van der Waals surface area (Å²) in [6, 6.07) is 12.8. The van der Waals surface area contributed by atoms with Crippen molar-refractivity contribution < 1.29 is 13.9 Å². The number of nitrogens with zero attached hydrogens (tertiary/aromatic N) is 5. The van der Waals surface area contributed by atoms with Crippen molar-refractivity contribution in [2.24, 2.45) is 12.2 Å². The third-order valence-electron chi connectivity index (χ3n) is 5.24. The molecule has 0 aliphatic heterocycles. The van der Waals surface area contributed by atoms with Gasteiger partial charge >= 0.3 is 0 Å². The van der Waals surface area contributed by atoms with Gasteiger partial charge in [0.25, 0.3) is 0 Å². The smallest absolute Gasteiger partial charge is 0.238 e. The minimum atomic E-state index is -3.82. The van der Waals surface area contributed by atoms with Gasteiger partial charge in [0.2, 0.25) is 16.0 Å². The van der Waals surface area contributed by atoms with Gasteiger partial charge in [0.05, 0.1) is 10.4 Å². The van der Waals surface area contributed by atoms with Crippen LogP contribution in [0.5, 0.6) is 0 Å². The summed E-state index contributed by atoms with van der Waals surface area (Å²) in [7, 11) is 0.0129. The molecule has 4 rings (SSSR count). The highest BCUT2D eigenvalue weighted by atomic mass is 35.5. The van der Waals surface area contributed by atoms with Crippen LogP contribution in [0.3, 0.4) is 0 Å². The summed E-state index contributed by atoms with van der Waals surface area (Å²) in [6.07, 6.45) is 1.64. The van der Waals surface area contributed by atoms with E-state index in [0.29, 0.717) is 23.0 Å². The van der Waals surface area contributed by atoms with Gasteiger partial charge in [-0.1, -0.05) is 6.07 Å². The Kier molecular flexibility index (Phi) is 7.65. The fraction of sp³-hybridized carbons (Fsp3) is 0.190. The number of aryl methyl sites for hydroxylation is 3. The van der Waals surface area contributed by atoms with Crippen LogP contribution in [0.1, 0.15) is 11.3 Å². The zero-order chi connectivity index (χ0) is 22.3. The average Bonchev–Trinajstić information content (AvgIpc) is 3.01. The Bertz CT molecular complexity index is 1410. The predicted octanol–water partition coefficient (Wildman–Crippen LogP) is 2.74. The molecule has 0 spiro atoms. The number of sulfonamides is 1. The maximum absolute atomic E-state index is 11.8. The van der Waals surface area contributed by atoms with Crippen molar-refractivity contribution in [3.63, 3.8) is 0 Å². The first-order valence-electron chi connectivity index (χ1n) is 9.54. The number of benzene rings is 2. The Labute approximate surface area is 198 Å². The van der Waals surface area contributed by atoms with Crippen molar-refractivity contribution in [2.45, 2.75) is 18.7 Å².